The lowest BCUT2D eigenvalue weighted by Crippen LogP contribution is -2.07. The van der Waals surface area contributed by atoms with Crippen LogP contribution in [0.15, 0.2) is 34.8 Å². The molecule has 2 aromatic rings. The maximum absolute atomic E-state index is 13.5. The topological polar surface area (TPSA) is 20.2 Å². The van der Waals surface area contributed by atoms with Crippen LogP contribution in [0.25, 0.3) is 0 Å². The highest BCUT2D eigenvalue weighted by Crippen LogP contribution is 2.26. The SMILES string of the molecule is OC(Cc1cc(Br)ccc1F)c1cc(F)c(F)cc1F. The molecule has 0 aliphatic heterocycles. The van der Waals surface area contributed by atoms with Gasteiger partial charge in [-0.25, -0.2) is 17.6 Å². The van der Waals surface area contributed by atoms with E-state index in [1.165, 1.54) is 18.2 Å². The summed E-state index contributed by atoms with van der Waals surface area (Å²) in [5, 5.41) is 9.87. The number of hydrogen-bond acceptors (Lipinski definition) is 1. The van der Waals surface area contributed by atoms with Crippen LogP contribution in [0, 0.1) is 23.3 Å². The number of rotatable bonds is 3. The lowest BCUT2D eigenvalue weighted by atomic mass is 10.0. The molecule has 1 nitrogen and oxygen atoms in total. The third-order valence-electron chi connectivity index (χ3n) is 2.82. The molecule has 106 valence electrons. The number of hydrogen-bond donors (Lipinski definition) is 1. The van der Waals surface area contributed by atoms with Gasteiger partial charge >= 0.3 is 0 Å². The number of halogens is 5. The van der Waals surface area contributed by atoms with E-state index in [4.69, 9.17) is 0 Å². The van der Waals surface area contributed by atoms with Crippen LogP contribution >= 0.6 is 15.9 Å². The first-order chi connectivity index (χ1) is 9.38. The molecule has 0 fully saturated rings. The second-order valence-electron chi connectivity index (χ2n) is 4.24. The van der Waals surface area contributed by atoms with Gasteiger partial charge in [0.1, 0.15) is 11.6 Å². The molecule has 1 N–H and O–H groups in total. The summed E-state index contributed by atoms with van der Waals surface area (Å²) < 4.78 is 53.5. The maximum Gasteiger partial charge on any atom is 0.161 e. The van der Waals surface area contributed by atoms with Crippen molar-refractivity contribution in [1.29, 1.82) is 0 Å². The van der Waals surface area contributed by atoms with Crippen molar-refractivity contribution in [1.82, 2.24) is 0 Å². The van der Waals surface area contributed by atoms with Crippen molar-refractivity contribution in [3.05, 3.63) is 69.2 Å². The standard InChI is InChI=1S/C14H9BrF4O/c15-8-1-2-10(16)7(3-8)4-14(20)9-5-12(18)13(19)6-11(9)17/h1-3,5-6,14,20H,4H2. The summed E-state index contributed by atoms with van der Waals surface area (Å²) in [6.07, 6.45) is -1.73. The number of aliphatic hydroxyl groups excluding tert-OH is 1. The molecule has 1 atom stereocenters. The average Bonchev–Trinajstić information content (AvgIpc) is 2.38. The van der Waals surface area contributed by atoms with Gasteiger partial charge in [-0.1, -0.05) is 15.9 Å². The van der Waals surface area contributed by atoms with Gasteiger partial charge in [-0.05, 0) is 29.8 Å². The second-order valence-corrected chi connectivity index (χ2v) is 5.16. The normalized spacial score (nSPS) is 12.5. The van der Waals surface area contributed by atoms with Crippen molar-refractivity contribution < 1.29 is 22.7 Å². The molecule has 0 aliphatic rings. The van der Waals surface area contributed by atoms with Crippen LogP contribution < -0.4 is 0 Å². The molecule has 0 aromatic heterocycles. The number of benzene rings is 2. The molecule has 6 heteroatoms. The lowest BCUT2D eigenvalue weighted by Gasteiger charge is -2.13. The number of aliphatic hydroxyl groups is 1. The van der Waals surface area contributed by atoms with Crippen LogP contribution in [0.5, 0.6) is 0 Å². The largest absolute Gasteiger partial charge is 0.388 e. The van der Waals surface area contributed by atoms with E-state index < -0.39 is 34.9 Å². The molecule has 2 aromatic carbocycles. The van der Waals surface area contributed by atoms with Gasteiger partial charge in [-0.2, -0.15) is 0 Å². The summed E-state index contributed by atoms with van der Waals surface area (Å²) in [6, 6.07) is 5.02. The van der Waals surface area contributed by atoms with Crippen LogP contribution in [-0.4, -0.2) is 5.11 Å². The van der Waals surface area contributed by atoms with Crippen molar-refractivity contribution in [2.45, 2.75) is 12.5 Å². The molecule has 0 heterocycles. The van der Waals surface area contributed by atoms with Crippen molar-refractivity contribution in [2.24, 2.45) is 0 Å². The summed E-state index contributed by atoms with van der Waals surface area (Å²) in [5.74, 6) is -4.26. The van der Waals surface area contributed by atoms with Gasteiger partial charge in [0.15, 0.2) is 11.6 Å². The highest BCUT2D eigenvalue weighted by molar-refractivity contribution is 9.10. The van der Waals surface area contributed by atoms with Crippen molar-refractivity contribution in [3.63, 3.8) is 0 Å². The fourth-order valence-electron chi connectivity index (χ4n) is 1.81. The van der Waals surface area contributed by atoms with E-state index in [9.17, 15) is 22.7 Å². The van der Waals surface area contributed by atoms with Crippen LogP contribution in [0.1, 0.15) is 17.2 Å². The minimum atomic E-state index is -1.48. The Labute approximate surface area is 121 Å². The van der Waals surface area contributed by atoms with Crippen LogP contribution in [0.3, 0.4) is 0 Å². The highest BCUT2D eigenvalue weighted by atomic mass is 79.9. The quantitative estimate of drug-likeness (QED) is 0.648. The molecule has 0 aliphatic carbocycles. The minimum Gasteiger partial charge on any atom is -0.388 e. The monoisotopic (exact) mass is 348 g/mol. The Morgan fingerprint density at radius 3 is 2.25 bits per heavy atom. The Kier molecular flexibility index (Phi) is 4.45. The van der Waals surface area contributed by atoms with Crippen molar-refractivity contribution in [2.75, 3.05) is 0 Å². The highest BCUT2D eigenvalue weighted by Gasteiger charge is 2.18. The molecule has 1 unspecified atom stereocenters. The average molecular weight is 349 g/mol. The van der Waals surface area contributed by atoms with Crippen molar-refractivity contribution >= 4 is 15.9 Å². The smallest absolute Gasteiger partial charge is 0.161 e. The third kappa shape index (κ3) is 3.19. The first-order valence-corrected chi connectivity index (χ1v) is 6.44. The van der Waals surface area contributed by atoms with E-state index in [0.29, 0.717) is 16.6 Å². The Hall–Kier alpha value is -1.40. The van der Waals surface area contributed by atoms with Gasteiger partial charge in [-0.3, -0.25) is 0 Å². The molecule has 20 heavy (non-hydrogen) atoms. The molecular formula is C14H9BrF4O. The van der Waals surface area contributed by atoms with Crippen LogP contribution in [0.2, 0.25) is 0 Å². The zero-order chi connectivity index (χ0) is 14.9. The zero-order valence-electron chi connectivity index (χ0n) is 10.0. The van der Waals surface area contributed by atoms with E-state index in [2.05, 4.69) is 15.9 Å². The zero-order valence-corrected chi connectivity index (χ0v) is 11.6. The lowest BCUT2D eigenvalue weighted by molar-refractivity contribution is 0.171. The van der Waals surface area contributed by atoms with Crippen LogP contribution in [-0.2, 0) is 6.42 Å². The van der Waals surface area contributed by atoms with E-state index in [1.807, 2.05) is 0 Å². The molecule has 0 saturated heterocycles. The van der Waals surface area contributed by atoms with Gasteiger partial charge in [0, 0.05) is 22.5 Å². The maximum atomic E-state index is 13.5. The predicted molar refractivity (Wildman–Crippen MR) is 69.1 cm³/mol. The van der Waals surface area contributed by atoms with Gasteiger partial charge in [0.05, 0.1) is 6.10 Å². The Balaban J connectivity index is 2.30. The molecule has 0 amide bonds. The first-order valence-electron chi connectivity index (χ1n) is 5.65. The molecular weight excluding hydrogens is 340 g/mol. The fraction of sp³-hybridized carbons (Fsp3) is 0.143. The van der Waals surface area contributed by atoms with Gasteiger partial charge in [0.25, 0.3) is 0 Å². The summed E-state index contributed by atoms with van der Waals surface area (Å²) in [6.45, 7) is 0. The molecule has 0 radical (unpaired) electrons. The Morgan fingerprint density at radius 1 is 0.900 bits per heavy atom. The van der Waals surface area contributed by atoms with Crippen molar-refractivity contribution in [3.8, 4) is 0 Å². The Morgan fingerprint density at radius 2 is 1.55 bits per heavy atom. The van der Waals surface area contributed by atoms with E-state index in [-0.39, 0.29) is 12.0 Å². The third-order valence-corrected chi connectivity index (χ3v) is 3.31. The summed E-state index contributed by atoms with van der Waals surface area (Å²) in [5.41, 5.74) is -0.278. The van der Waals surface area contributed by atoms with E-state index >= 15 is 0 Å². The van der Waals surface area contributed by atoms with E-state index in [1.54, 1.807) is 0 Å². The van der Waals surface area contributed by atoms with Gasteiger partial charge < -0.3 is 5.11 Å². The molecule has 0 bridgehead atoms. The predicted octanol–water partition coefficient (Wildman–Crippen LogP) is 4.28. The summed E-state index contributed by atoms with van der Waals surface area (Å²) in [4.78, 5) is 0. The van der Waals surface area contributed by atoms with Crippen LogP contribution in [0.4, 0.5) is 17.6 Å². The first kappa shape index (κ1) is 15.0. The molecule has 0 saturated carbocycles. The summed E-state index contributed by atoms with van der Waals surface area (Å²) in [7, 11) is 0. The minimum absolute atomic E-state index is 0.135. The fourth-order valence-corrected chi connectivity index (χ4v) is 2.22. The Bertz CT molecular complexity index is 645. The summed E-state index contributed by atoms with van der Waals surface area (Å²) >= 11 is 3.15. The molecule has 0 spiro atoms. The molecule has 2 rings (SSSR count). The van der Waals surface area contributed by atoms with Gasteiger partial charge in [-0.15, -0.1) is 0 Å². The van der Waals surface area contributed by atoms with E-state index in [0.717, 1.165) is 0 Å². The van der Waals surface area contributed by atoms with Gasteiger partial charge in [0.2, 0.25) is 0 Å². The second kappa shape index (κ2) is 5.93.